The molecule has 46 heteroatoms. The van der Waals surface area contributed by atoms with Crippen molar-refractivity contribution >= 4 is 106 Å². The summed E-state index contributed by atoms with van der Waals surface area (Å²) in [7, 11) is 3.03. The van der Waals surface area contributed by atoms with Crippen LogP contribution in [0.2, 0.25) is 0 Å². The Morgan fingerprint density at radius 3 is 0.868 bits per heavy atom. The largest absolute Gasteiger partial charge is 0.416 e. The summed E-state index contributed by atoms with van der Waals surface area (Å²) in [6.07, 6.45) is 14.5. The van der Waals surface area contributed by atoms with Crippen LogP contribution in [0.4, 0.5) is 60.9 Å². The van der Waals surface area contributed by atoms with Crippen molar-refractivity contribution in [1.29, 1.82) is 0 Å². The monoisotopic (exact) mass is 1990 g/mol. The standard InChI is InChI=1S/C49H81N9O12S2.C21H9F8NO4.C20H38N4O5S/c1-50-37-31-35(46(61)53-16-8-20-67-24-28-69-26-22-65-18-6-14-51-42(59)12-4-2-10-40-44-38(33-71-40)55-48(63)57-44)30-36(32-37)47(62)54-17-9-21-68-25-29-70-27-23-66-19-7-15-52-43(60)13-5-3-11-41-45-39(34-72-41)56-49(64)58-45;1-30-9-3-7(20(31)33-18-14(26)10(22)5-11(23)15(18)27)2-8(4-9)21(32)34-19-16(28)12(24)6-13(25)17(19)29;21-7-3-9-27-11-13-29-14-12-28-10-4-8-22-18(25)6-2-1-5-17-19-16(15-30-17)23-20(26)24-19/h30-32,38-41,44-45,50H,2-29,33-34H2,1H3,(H,51,59)(H,52,60)(H,53,61)(H,54,62)(H2,55,57,63)(H2,56,58,64);2-6,30H,1H3;16-17,19H,1-15,21H2,(H,22,25)(H2,23,24,26). The molecular formula is C90H128F8N14O21S3. The van der Waals surface area contributed by atoms with E-state index < -0.39 is 81.1 Å². The van der Waals surface area contributed by atoms with Gasteiger partial charge in [-0.25, -0.2) is 41.5 Å². The van der Waals surface area contributed by atoms with Gasteiger partial charge in [0.15, 0.2) is 23.3 Å². The van der Waals surface area contributed by atoms with Gasteiger partial charge in [-0.1, -0.05) is 19.3 Å². The second-order valence-corrected chi connectivity index (χ2v) is 35.9. The molecule has 6 heterocycles. The number of rotatable bonds is 64. The van der Waals surface area contributed by atoms with E-state index >= 15 is 0 Å². The molecule has 35 nitrogen and oxygen atoms in total. The molecule has 4 aromatic rings. The molecule has 6 saturated heterocycles. The minimum Gasteiger partial charge on any atom is -0.416 e. The normalized spacial score (nSPS) is 18.6. The predicted octanol–water partition coefficient (Wildman–Crippen LogP) is 8.43. The molecule has 758 valence electrons. The number of anilines is 2. The van der Waals surface area contributed by atoms with Gasteiger partial charge in [0.05, 0.1) is 127 Å². The van der Waals surface area contributed by atoms with Crippen molar-refractivity contribution in [1.82, 2.24) is 58.5 Å². The van der Waals surface area contributed by atoms with Crippen LogP contribution in [0.15, 0.2) is 48.5 Å². The van der Waals surface area contributed by atoms with Crippen LogP contribution in [0.3, 0.4) is 0 Å². The molecule has 0 radical (unpaired) electrons. The van der Waals surface area contributed by atoms with Gasteiger partial charge in [-0.15, -0.1) is 0 Å². The highest BCUT2D eigenvalue weighted by atomic mass is 32.2. The van der Waals surface area contributed by atoms with Crippen molar-refractivity contribution in [3.63, 3.8) is 0 Å². The van der Waals surface area contributed by atoms with Crippen molar-refractivity contribution in [2.24, 2.45) is 5.73 Å². The van der Waals surface area contributed by atoms with Crippen LogP contribution < -0.4 is 84.3 Å². The van der Waals surface area contributed by atoms with E-state index in [0.717, 1.165) is 113 Å². The number of amides is 11. The first kappa shape index (κ1) is 112. The number of thioether (sulfide) groups is 3. The summed E-state index contributed by atoms with van der Waals surface area (Å²) in [4.78, 5) is 121. The smallest absolute Gasteiger partial charge is 0.343 e. The number of nitrogens with two attached hydrogens (primary N) is 1. The summed E-state index contributed by atoms with van der Waals surface area (Å²) in [5.74, 6) is -19.6. The number of nitrogens with one attached hydrogen (secondary N) is 13. The van der Waals surface area contributed by atoms with E-state index in [1.807, 2.05) is 35.3 Å². The Hall–Kier alpha value is -9.33. The molecule has 0 aromatic heterocycles. The van der Waals surface area contributed by atoms with Crippen LogP contribution in [-0.2, 0) is 57.0 Å². The van der Waals surface area contributed by atoms with Crippen LogP contribution in [0.1, 0.15) is 157 Å². The molecule has 136 heavy (non-hydrogen) atoms. The van der Waals surface area contributed by atoms with E-state index in [0.29, 0.717) is 229 Å². The van der Waals surface area contributed by atoms with Gasteiger partial charge in [0.2, 0.25) is 52.5 Å². The van der Waals surface area contributed by atoms with Gasteiger partial charge in [-0.05, 0) is 120 Å². The first-order valence-electron chi connectivity index (χ1n) is 45.9. The molecule has 15 N–H and O–H groups in total. The van der Waals surface area contributed by atoms with Crippen molar-refractivity contribution < 1.29 is 135 Å². The van der Waals surface area contributed by atoms with Gasteiger partial charge in [0, 0.05) is 173 Å². The van der Waals surface area contributed by atoms with Gasteiger partial charge in [-0.2, -0.15) is 52.8 Å². The Morgan fingerprint density at radius 1 is 0.331 bits per heavy atom. The summed E-state index contributed by atoms with van der Waals surface area (Å²) in [6, 6.07) is 8.54. The molecule has 11 amide bonds. The molecule has 6 aliphatic heterocycles. The topological polar surface area (TPSA) is 455 Å². The molecule has 6 fully saturated rings. The fourth-order valence-corrected chi connectivity index (χ4v) is 19.3. The van der Waals surface area contributed by atoms with Crippen LogP contribution in [-0.4, -0.2) is 301 Å². The van der Waals surface area contributed by atoms with E-state index in [1.54, 1.807) is 25.2 Å². The predicted molar refractivity (Wildman–Crippen MR) is 494 cm³/mol. The zero-order valence-electron chi connectivity index (χ0n) is 76.5. The molecule has 4 aromatic carbocycles. The van der Waals surface area contributed by atoms with E-state index in [2.05, 4.69) is 78.6 Å². The van der Waals surface area contributed by atoms with Crippen molar-refractivity contribution in [2.75, 3.05) is 200 Å². The SMILES string of the molecule is CNc1cc(C(=O)NCCCOCCOCCOCCCNC(=O)CCCCC2SCC3NC(=O)NC32)cc(C(=O)NCCCOCCOCCOCCCNC(=O)CCCCC2SCC3NC(=O)NC32)c1.CNc1cc(C(=O)Oc2c(F)c(F)cc(F)c2F)cc(C(=O)Oc2c(F)c(F)cc(F)c2F)c1.NCCCOCCOCCOCCCNC(=O)CCCCC1SCC2NC(=O)NC21. The summed E-state index contributed by atoms with van der Waals surface area (Å²) in [5, 5.41) is 39.3. The average Bonchev–Trinajstić information content (AvgIpc) is 1.45. The fraction of sp³-hybridized carbons (Fsp3) is 0.622. The number of ether oxygens (including phenoxy) is 11. The van der Waals surface area contributed by atoms with Crippen molar-refractivity contribution in [3.05, 3.63) is 117 Å². The first-order valence-corrected chi connectivity index (χ1v) is 49.1. The van der Waals surface area contributed by atoms with Crippen molar-refractivity contribution in [2.45, 2.75) is 168 Å². The fourth-order valence-electron chi connectivity index (χ4n) is 14.7. The maximum absolute atomic E-state index is 13.8. The van der Waals surface area contributed by atoms with Crippen LogP contribution >= 0.6 is 35.3 Å². The second kappa shape index (κ2) is 63.3. The van der Waals surface area contributed by atoms with Gasteiger partial charge < -0.3 is 127 Å². The number of hydrogen-bond donors (Lipinski definition) is 14. The molecule has 0 aliphatic carbocycles. The first-order chi connectivity index (χ1) is 65.8. The van der Waals surface area contributed by atoms with E-state index in [9.17, 15) is 83.1 Å². The molecule has 9 unspecified atom stereocenters. The number of carbonyl (C=O) groups excluding carboxylic acids is 10. The molecule has 10 rings (SSSR count). The summed E-state index contributed by atoms with van der Waals surface area (Å²) in [6.45, 7) is 12.3. The molecule has 9 atom stereocenters. The Morgan fingerprint density at radius 2 is 0.588 bits per heavy atom. The quantitative estimate of drug-likeness (QED) is 0.00492. The Kier molecular flexibility index (Phi) is 52.1. The number of carbonyl (C=O) groups is 10. The lowest BCUT2D eigenvalue weighted by Crippen LogP contribution is -2.36. The van der Waals surface area contributed by atoms with Gasteiger partial charge in [-0.3, -0.25) is 24.0 Å². The highest BCUT2D eigenvalue weighted by Gasteiger charge is 2.45. The summed E-state index contributed by atoms with van der Waals surface area (Å²) < 4.78 is 167. The lowest BCUT2D eigenvalue weighted by molar-refractivity contribution is -0.122. The maximum Gasteiger partial charge on any atom is 0.343 e. The average molecular weight is 1990 g/mol. The second-order valence-electron chi connectivity index (χ2n) is 32.1. The highest BCUT2D eigenvalue weighted by Crippen LogP contribution is 2.37. The number of unbranched alkanes of at least 4 members (excludes halogenated alkanes) is 3. The van der Waals surface area contributed by atoms with Gasteiger partial charge in [0.25, 0.3) is 11.8 Å². The molecular weight excluding hydrogens is 1860 g/mol. The number of urea groups is 3. The number of benzene rings is 4. The van der Waals surface area contributed by atoms with Crippen LogP contribution in [0.25, 0.3) is 0 Å². The zero-order valence-corrected chi connectivity index (χ0v) is 79.0. The summed E-state index contributed by atoms with van der Waals surface area (Å²) >= 11 is 5.71. The number of esters is 2. The lowest BCUT2D eigenvalue weighted by atomic mass is 10.0. The highest BCUT2D eigenvalue weighted by molar-refractivity contribution is 8.00. The van der Waals surface area contributed by atoms with Crippen LogP contribution in [0, 0.1) is 46.5 Å². The minimum absolute atomic E-state index is 0.0464. The van der Waals surface area contributed by atoms with Crippen LogP contribution in [0.5, 0.6) is 11.5 Å². The van der Waals surface area contributed by atoms with Crippen molar-refractivity contribution in [3.8, 4) is 11.5 Å². The third kappa shape index (κ3) is 40.2. The van der Waals surface area contributed by atoms with E-state index in [1.165, 1.54) is 7.05 Å². The number of halogens is 8. The molecule has 0 bridgehead atoms. The Balaban J connectivity index is 0.000000291. The summed E-state index contributed by atoms with van der Waals surface area (Å²) in [5.41, 5.74) is 5.43. The lowest BCUT2D eigenvalue weighted by Gasteiger charge is -2.16. The van der Waals surface area contributed by atoms with Gasteiger partial charge in [0.1, 0.15) is 0 Å². The van der Waals surface area contributed by atoms with Gasteiger partial charge >= 0.3 is 30.0 Å². The Bertz CT molecular complexity index is 4180. The Labute approximate surface area is 798 Å². The third-order valence-electron chi connectivity index (χ3n) is 21.8. The zero-order chi connectivity index (χ0) is 97.8. The number of fused-ring (bicyclic) bond motifs is 3. The molecule has 0 saturated carbocycles. The molecule has 6 aliphatic rings. The minimum atomic E-state index is -2.02. The third-order valence-corrected chi connectivity index (χ3v) is 26.3. The van der Waals surface area contributed by atoms with E-state index in [4.69, 9.17) is 48.4 Å². The van der Waals surface area contributed by atoms with E-state index in [-0.39, 0.29) is 102 Å². The number of hydrogen-bond acceptors (Lipinski definition) is 27. The molecule has 0 spiro atoms. The maximum atomic E-state index is 13.8.